The quantitative estimate of drug-likeness (QED) is 0.205. The Morgan fingerprint density at radius 3 is 2.64 bits per heavy atom. The second-order valence-corrected chi connectivity index (χ2v) is 12.9. The van der Waals surface area contributed by atoms with Crippen LogP contribution in [0.25, 0.3) is 44.1 Å². The summed E-state index contributed by atoms with van der Waals surface area (Å²) in [4.78, 5) is 12.0. The molecule has 1 aliphatic carbocycles. The van der Waals surface area contributed by atoms with E-state index in [0.29, 0.717) is 6.04 Å². The molecule has 3 aromatic carbocycles. The normalized spacial score (nSPS) is 19.1. The van der Waals surface area contributed by atoms with Crippen LogP contribution >= 0.6 is 0 Å². The maximum absolute atomic E-state index is 9.99. The minimum absolute atomic E-state index is 0.192. The first-order valence-electron chi connectivity index (χ1n) is 15.3. The third-order valence-corrected chi connectivity index (χ3v) is 9.36. The molecule has 1 saturated heterocycles. The number of fused-ring (bicyclic) bond motifs is 2. The van der Waals surface area contributed by atoms with Crippen LogP contribution in [0.3, 0.4) is 0 Å². The van der Waals surface area contributed by atoms with E-state index >= 15 is 0 Å². The van der Waals surface area contributed by atoms with E-state index in [0.717, 1.165) is 123 Å². The van der Waals surface area contributed by atoms with E-state index < -0.39 is 0 Å². The Morgan fingerprint density at radius 1 is 0.977 bits per heavy atom. The van der Waals surface area contributed by atoms with Gasteiger partial charge in [-0.05, 0) is 12.1 Å². The van der Waals surface area contributed by atoms with Gasteiger partial charge in [0.25, 0.3) is 0 Å². The molecule has 0 unspecified atom stereocenters. The molecular formula is C36H35MoN5O2. The number of nitrogens with zero attached hydrogens (tertiary/aromatic N) is 3. The van der Waals surface area contributed by atoms with Crippen LogP contribution in [-0.2, 0) is 30.6 Å². The Bertz CT molecular complexity index is 1830. The number of pyridine rings is 2. The molecule has 7 rings (SSSR count). The van der Waals surface area contributed by atoms with Crippen molar-refractivity contribution in [3.05, 3.63) is 90.3 Å². The number of hydrogen-bond donors (Lipinski definition) is 3. The summed E-state index contributed by atoms with van der Waals surface area (Å²) < 4.78 is 6.29. The standard InChI is InChI=1S/C36H35N5O2.Mo/c37-21-26-6-5-25(20-35(26)40-29-7-9-30(42)10-8-29)36-33-3-1-2-31(32(33)12-13-38-36)28-19-27-18-24(4-11-34(27)39-22-28)23-41-14-16-43-17-15-41;/h1-3,5-6,12-13,18-20,22,29-30,40,42H,7-10,14-17,23,37H2;. The van der Waals surface area contributed by atoms with Crippen LogP contribution < -0.4 is 11.1 Å². The van der Waals surface area contributed by atoms with Gasteiger partial charge >= 0.3 is 198 Å². The number of anilines is 1. The van der Waals surface area contributed by atoms with Crippen LogP contribution in [0.1, 0.15) is 36.8 Å². The second-order valence-electron chi connectivity index (χ2n) is 11.8. The van der Waals surface area contributed by atoms with E-state index in [4.69, 9.17) is 20.4 Å². The van der Waals surface area contributed by atoms with Gasteiger partial charge in [0.2, 0.25) is 0 Å². The van der Waals surface area contributed by atoms with E-state index in [1.165, 1.54) is 0 Å². The second kappa shape index (κ2) is 12.8. The molecule has 3 heterocycles. The van der Waals surface area contributed by atoms with Gasteiger partial charge in [-0.1, -0.05) is 6.07 Å². The number of aliphatic hydroxyl groups excluding tert-OH is 1. The van der Waals surface area contributed by atoms with Crippen LogP contribution in [0, 0.1) is 12.1 Å². The molecule has 1 saturated carbocycles. The zero-order valence-corrected chi connectivity index (χ0v) is 26.6. The number of aromatic nitrogens is 2. The van der Waals surface area contributed by atoms with Gasteiger partial charge in [0.15, 0.2) is 0 Å². The fraction of sp³-hybridized carbons (Fsp3) is 0.306. The fourth-order valence-electron chi connectivity index (χ4n) is 6.45. The number of morpholine rings is 1. The van der Waals surface area contributed by atoms with Crippen LogP contribution in [0.4, 0.5) is 5.69 Å². The van der Waals surface area contributed by atoms with Crippen molar-refractivity contribution in [2.75, 3.05) is 31.6 Å². The van der Waals surface area contributed by atoms with Crippen LogP contribution in [0.15, 0.2) is 67.0 Å². The Labute approximate surface area is 268 Å². The van der Waals surface area contributed by atoms with Crippen molar-refractivity contribution in [3.8, 4) is 22.4 Å². The van der Waals surface area contributed by atoms with Crippen LogP contribution in [0.2, 0.25) is 0 Å². The van der Waals surface area contributed by atoms with Crippen molar-refractivity contribution in [3.63, 3.8) is 0 Å². The molecule has 1 aliphatic heterocycles. The summed E-state index contributed by atoms with van der Waals surface area (Å²) in [7, 11) is 0. The first kappa shape index (κ1) is 29.2. The zero-order chi connectivity index (χ0) is 30.0. The topological polar surface area (TPSA) is 96.5 Å². The number of benzene rings is 2. The van der Waals surface area contributed by atoms with Gasteiger partial charge in [-0.25, -0.2) is 0 Å². The van der Waals surface area contributed by atoms with E-state index in [9.17, 15) is 5.11 Å². The predicted octanol–water partition coefficient (Wildman–Crippen LogP) is 5.25. The number of nitrogens with two attached hydrogens (primary N) is 1. The molecule has 0 amide bonds. The monoisotopic (exact) mass is 667 g/mol. The maximum atomic E-state index is 9.99. The van der Waals surface area contributed by atoms with Gasteiger partial charge in [-0.15, -0.1) is 0 Å². The van der Waals surface area contributed by atoms with Gasteiger partial charge in [-0.3, -0.25) is 4.90 Å². The molecule has 2 aliphatic rings. The van der Waals surface area contributed by atoms with Gasteiger partial charge in [0.1, 0.15) is 5.52 Å². The predicted molar refractivity (Wildman–Crippen MR) is 172 cm³/mol. The number of rotatable bonds is 7. The zero-order valence-electron chi connectivity index (χ0n) is 24.6. The van der Waals surface area contributed by atoms with Gasteiger partial charge < -0.3 is 4.74 Å². The number of aliphatic hydroxyl groups is 1. The third-order valence-electron chi connectivity index (χ3n) is 8.82. The molecule has 2 aromatic heterocycles. The van der Waals surface area contributed by atoms with Crippen molar-refractivity contribution in [1.82, 2.24) is 14.9 Å². The molecule has 4 N–H and O–H groups in total. The van der Waals surface area contributed by atoms with Crippen molar-refractivity contribution >= 4 is 31.4 Å². The van der Waals surface area contributed by atoms with E-state index in [-0.39, 0.29) is 6.10 Å². The van der Waals surface area contributed by atoms with Crippen molar-refractivity contribution in [2.45, 2.75) is 44.4 Å². The van der Waals surface area contributed by atoms with Crippen molar-refractivity contribution in [1.29, 1.82) is 0 Å². The molecule has 0 spiro atoms. The van der Waals surface area contributed by atoms with Crippen molar-refractivity contribution < 1.29 is 29.2 Å². The fourth-order valence-corrected chi connectivity index (χ4v) is 6.88. The van der Waals surface area contributed by atoms with Gasteiger partial charge in [0, 0.05) is 25.2 Å². The molecule has 8 heteroatoms. The SMILES string of the molecule is N[C](=[Mo])c1ccc(-c2nccc3c(-c4cnc5c#cc(CN6CCOCC6)cc5c4)cccc23)cc1NC1CCC(O)CC1. The third kappa shape index (κ3) is 6.19. The van der Waals surface area contributed by atoms with Crippen LogP contribution in [0.5, 0.6) is 0 Å². The molecule has 0 atom stereocenters. The molecule has 2 fully saturated rings. The number of nitrogens with one attached hydrogen (secondary N) is 1. The van der Waals surface area contributed by atoms with E-state index in [1.807, 2.05) is 31.7 Å². The Morgan fingerprint density at radius 2 is 1.82 bits per heavy atom. The summed E-state index contributed by atoms with van der Waals surface area (Å²) in [6.45, 7) is 4.26. The summed E-state index contributed by atoms with van der Waals surface area (Å²) in [5.41, 5.74) is 14.4. The number of hydrogen-bond acceptors (Lipinski definition) is 7. The summed E-state index contributed by atoms with van der Waals surface area (Å²) >= 11 is 1.85. The molecule has 44 heavy (non-hydrogen) atoms. The Balaban J connectivity index is 1.24. The van der Waals surface area contributed by atoms with Gasteiger partial charge in [0.05, 0.1) is 13.2 Å². The summed E-state index contributed by atoms with van der Waals surface area (Å²) in [6.07, 6.45) is 7.15. The summed E-state index contributed by atoms with van der Waals surface area (Å²) in [5, 5.41) is 17.0. The van der Waals surface area contributed by atoms with Gasteiger partial charge in [-0.2, -0.15) is 0 Å². The minimum atomic E-state index is -0.192. The molecule has 5 aromatic rings. The molecule has 0 bridgehead atoms. The molecule has 0 radical (unpaired) electrons. The van der Waals surface area contributed by atoms with E-state index in [2.05, 4.69) is 76.9 Å². The number of ether oxygens (including phenoxy) is 1. The summed E-state index contributed by atoms with van der Waals surface area (Å²) in [6, 6.07) is 26.2. The van der Waals surface area contributed by atoms with Crippen molar-refractivity contribution in [2.24, 2.45) is 5.73 Å². The van der Waals surface area contributed by atoms with Crippen LogP contribution in [-0.4, -0.2) is 62.4 Å². The average molecular weight is 666 g/mol. The molecular weight excluding hydrogens is 630 g/mol. The first-order valence-corrected chi connectivity index (χ1v) is 16.3. The summed E-state index contributed by atoms with van der Waals surface area (Å²) in [5.74, 6) is 0. The van der Waals surface area contributed by atoms with E-state index in [1.54, 1.807) is 0 Å². The molecule has 7 nitrogen and oxygen atoms in total. The molecule has 222 valence electrons. The first-order chi connectivity index (χ1) is 21.5. The average Bonchev–Trinajstić information content (AvgIpc) is 3.05. The Kier molecular flexibility index (Phi) is 8.53. The Hall–Kier alpha value is -3.50.